The number of hydrogen-bond donors (Lipinski definition) is 1. The van der Waals surface area contributed by atoms with E-state index >= 15 is 0 Å². The molecule has 3 rings (SSSR count). The molecule has 21 heavy (non-hydrogen) atoms. The van der Waals surface area contributed by atoms with Crippen LogP contribution >= 0.6 is 0 Å². The van der Waals surface area contributed by atoms with Crippen molar-refractivity contribution >= 4 is 21.7 Å². The number of hydrogen-bond acceptors (Lipinski definition) is 4. The number of piperazine rings is 1. The Hall–Kier alpha value is -1.11. The molecule has 3 aliphatic rings. The van der Waals surface area contributed by atoms with Crippen LogP contribution in [0.1, 0.15) is 45.4 Å². The van der Waals surface area contributed by atoms with Crippen LogP contribution in [0.4, 0.5) is 0 Å². The van der Waals surface area contributed by atoms with E-state index in [-0.39, 0.29) is 29.9 Å². The molecule has 1 atom stereocenters. The fraction of sp³-hybridized carbons (Fsp3) is 0.857. The first-order chi connectivity index (χ1) is 9.77. The smallest absolute Gasteiger partial charge is 0.249 e. The Morgan fingerprint density at radius 2 is 1.76 bits per heavy atom. The third-order valence-corrected chi connectivity index (χ3v) is 7.06. The Kier molecular flexibility index (Phi) is 3.31. The summed E-state index contributed by atoms with van der Waals surface area (Å²) < 4.78 is 23.6. The molecule has 3 fully saturated rings. The van der Waals surface area contributed by atoms with Crippen LogP contribution in [-0.4, -0.2) is 54.3 Å². The van der Waals surface area contributed by atoms with Crippen LogP contribution in [0, 0.1) is 0 Å². The SMILES string of the molecule is CC1(N2CC(=O)NC3(CCCCC3)C2=O)CCS(=O)(=O)C1. The molecule has 2 amide bonds. The van der Waals surface area contributed by atoms with Crippen LogP contribution in [-0.2, 0) is 19.4 Å². The van der Waals surface area contributed by atoms with Crippen molar-refractivity contribution in [2.24, 2.45) is 0 Å². The Bertz CT molecular complexity index is 580. The van der Waals surface area contributed by atoms with Gasteiger partial charge in [-0.05, 0) is 26.2 Å². The van der Waals surface area contributed by atoms with Crippen molar-refractivity contribution in [2.75, 3.05) is 18.1 Å². The van der Waals surface area contributed by atoms with Gasteiger partial charge in [0.25, 0.3) is 0 Å². The van der Waals surface area contributed by atoms with Crippen LogP contribution in [0.3, 0.4) is 0 Å². The monoisotopic (exact) mass is 314 g/mol. The first-order valence-electron chi connectivity index (χ1n) is 7.60. The van der Waals surface area contributed by atoms with Crippen molar-refractivity contribution in [3.05, 3.63) is 0 Å². The van der Waals surface area contributed by atoms with Gasteiger partial charge in [-0.15, -0.1) is 0 Å². The molecule has 2 saturated heterocycles. The number of carbonyl (C=O) groups is 2. The van der Waals surface area contributed by atoms with Crippen LogP contribution < -0.4 is 5.32 Å². The zero-order valence-electron chi connectivity index (χ0n) is 12.4. The number of rotatable bonds is 1. The van der Waals surface area contributed by atoms with Crippen molar-refractivity contribution in [3.8, 4) is 0 Å². The molecule has 2 aliphatic heterocycles. The summed E-state index contributed by atoms with van der Waals surface area (Å²) in [5.41, 5.74) is -1.53. The zero-order valence-corrected chi connectivity index (χ0v) is 13.2. The maximum atomic E-state index is 13.0. The highest BCUT2D eigenvalue weighted by atomic mass is 32.2. The minimum Gasteiger partial charge on any atom is -0.340 e. The summed E-state index contributed by atoms with van der Waals surface area (Å²) in [5.74, 6) is -0.180. The molecule has 1 unspecified atom stereocenters. The van der Waals surface area contributed by atoms with Gasteiger partial charge < -0.3 is 10.2 Å². The van der Waals surface area contributed by atoms with E-state index in [0.29, 0.717) is 19.3 Å². The minimum atomic E-state index is -3.11. The molecule has 6 nitrogen and oxygen atoms in total. The quantitative estimate of drug-likeness (QED) is 0.751. The van der Waals surface area contributed by atoms with Gasteiger partial charge in [0.15, 0.2) is 9.84 Å². The molecule has 0 bridgehead atoms. The Morgan fingerprint density at radius 1 is 1.10 bits per heavy atom. The zero-order chi connectivity index (χ0) is 15.3. The van der Waals surface area contributed by atoms with Crippen molar-refractivity contribution in [1.82, 2.24) is 10.2 Å². The minimum absolute atomic E-state index is 0.0212. The molecule has 7 heteroatoms. The second-order valence-electron chi connectivity index (χ2n) is 6.92. The molecule has 0 aromatic heterocycles. The van der Waals surface area contributed by atoms with Crippen molar-refractivity contribution in [2.45, 2.75) is 56.5 Å². The first kappa shape index (κ1) is 14.8. The van der Waals surface area contributed by atoms with Crippen molar-refractivity contribution < 1.29 is 18.0 Å². The number of nitrogens with one attached hydrogen (secondary N) is 1. The summed E-state index contributed by atoms with van der Waals surface area (Å²) in [6.45, 7) is 1.77. The number of amides is 2. The molecule has 1 aliphatic carbocycles. The summed E-state index contributed by atoms with van der Waals surface area (Å²) >= 11 is 0. The van der Waals surface area contributed by atoms with E-state index in [1.54, 1.807) is 11.8 Å². The summed E-state index contributed by atoms with van der Waals surface area (Å²) in [6.07, 6.45) is 4.68. The van der Waals surface area contributed by atoms with Gasteiger partial charge in [0.1, 0.15) is 12.1 Å². The van der Waals surface area contributed by atoms with Crippen LogP contribution in [0.25, 0.3) is 0 Å². The highest BCUT2D eigenvalue weighted by molar-refractivity contribution is 7.91. The summed E-state index contributed by atoms with van der Waals surface area (Å²) in [7, 11) is -3.11. The predicted octanol–water partition coefficient (Wildman–Crippen LogP) is 0.225. The third kappa shape index (κ3) is 2.45. The highest BCUT2D eigenvalue weighted by Crippen LogP contribution is 2.37. The Balaban J connectivity index is 1.92. The van der Waals surface area contributed by atoms with Crippen molar-refractivity contribution in [1.29, 1.82) is 0 Å². The maximum absolute atomic E-state index is 13.0. The van der Waals surface area contributed by atoms with Gasteiger partial charge in [0.2, 0.25) is 11.8 Å². The van der Waals surface area contributed by atoms with E-state index in [0.717, 1.165) is 19.3 Å². The summed E-state index contributed by atoms with van der Waals surface area (Å²) in [4.78, 5) is 26.6. The fourth-order valence-electron chi connectivity index (χ4n) is 3.97. The van der Waals surface area contributed by atoms with E-state index in [1.165, 1.54) is 0 Å². The van der Waals surface area contributed by atoms with E-state index in [9.17, 15) is 18.0 Å². The summed E-state index contributed by atoms with van der Waals surface area (Å²) in [6, 6.07) is 0. The molecule has 118 valence electrons. The second kappa shape index (κ2) is 4.69. The third-order valence-electron chi connectivity index (χ3n) is 5.18. The average Bonchev–Trinajstić information content (AvgIpc) is 2.70. The lowest BCUT2D eigenvalue weighted by Gasteiger charge is -2.49. The van der Waals surface area contributed by atoms with Gasteiger partial charge in [0.05, 0.1) is 17.0 Å². The topological polar surface area (TPSA) is 83.6 Å². The van der Waals surface area contributed by atoms with Gasteiger partial charge in [-0.3, -0.25) is 9.59 Å². The number of nitrogens with zero attached hydrogens (tertiary/aromatic N) is 1. The standard InChI is InChI=1S/C14H22N2O4S/c1-13(7-8-21(19,20)10-13)16-9-11(17)15-14(12(16)18)5-3-2-4-6-14/h2-10H2,1H3,(H,15,17). The highest BCUT2D eigenvalue weighted by Gasteiger charge is 2.54. The molecule has 1 N–H and O–H groups in total. The van der Waals surface area contributed by atoms with Gasteiger partial charge in [-0.25, -0.2) is 8.42 Å². The predicted molar refractivity (Wildman–Crippen MR) is 77.3 cm³/mol. The molecule has 0 radical (unpaired) electrons. The molecular weight excluding hydrogens is 292 g/mol. The van der Waals surface area contributed by atoms with Gasteiger partial charge >= 0.3 is 0 Å². The Morgan fingerprint density at radius 3 is 2.33 bits per heavy atom. The molecular formula is C14H22N2O4S. The fourth-order valence-corrected chi connectivity index (χ4v) is 6.11. The molecule has 0 aromatic rings. The van der Waals surface area contributed by atoms with Crippen LogP contribution in [0.2, 0.25) is 0 Å². The van der Waals surface area contributed by atoms with E-state index in [4.69, 9.17) is 0 Å². The average molecular weight is 314 g/mol. The molecule has 0 aromatic carbocycles. The number of carbonyl (C=O) groups excluding carboxylic acids is 2. The lowest BCUT2D eigenvalue weighted by atomic mass is 9.78. The first-order valence-corrected chi connectivity index (χ1v) is 9.42. The van der Waals surface area contributed by atoms with Crippen LogP contribution in [0.5, 0.6) is 0 Å². The van der Waals surface area contributed by atoms with Crippen LogP contribution in [0.15, 0.2) is 0 Å². The van der Waals surface area contributed by atoms with Gasteiger partial charge in [-0.1, -0.05) is 19.3 Å². The molecule has 1 saturated carbocycles. The van der Waals surface area contributed by atoms with Crippen molar-refractivity contribution in [3.63, 3.8) is 0 Å². The molecule has 2 heterocycles. The van der Waals surface area contributed by atoms with Gasteiger partial charge in [0, 0.05) is 0 Å². The number of sulfone groups is 1. The lowest BCUT2D eigenvalue weighted by Crippen LogP contribution is -2.71. The Labute approximate surface area is 125 Å². The normalized spacial score (nSPS) is 35.0. The van der Waals surface area contributed by atoms with Gasteiger partial charge in [-0.2, -0.15) is 0 Å². The largest absolute Gasteiger partial charge is 0.340 e. The van der Waals surface area contributed by atoms with E-state index < -0.39 is 20.9 Å². The van der Waals surface area contributed by atoms with E-state index in [2.05, 4.69) is 5.32 Å². The summed E-state index contributed by atoms with van der Waals surface area (Å²) in [5, 5.41) is 2.89. The maximum Gasteiger partial charge on any atom is 0.249 e. The lowest BCUT2D eigenvalue weighted by molar-refractivity contribution is -0.157. The molecule has 1 spiro atoms. The second-order valence-corrected chi connectivity index (χ2v) is 9.11. The van der Waals surface area contributed by atoms with E-state index in [1.807, 2.05) is 0 Å².